The third-order valence-corrected chi connectivity index (χ3v) is 3.14. The van der Waals surface area contributed by atoms with Crippen LogP contribution in [0, 0.1) is 6.92 Å². The molecule has 0 bridgehead atoms. The second-order valence-corrected chi connectivity index (χ2v) is 4.88. The van der Waals surface area contributed by atoms with E-state index in [0.29, 0.717) is 0 Å². The molecule has 1 aromatic heterocycles. The number of fused-ring (bicyclic) bond motifs is 1. The smallest absolute Gasteiger partial charge is 0.0953 e. The predicted octanol–water partition coefficient (Wildman–Crippen LogP) is 2.49. The van der Waals surface area contributed by atoms with Gasteiger partial charge in [0.1, 0.15) is 0 Å². The summed E-state index contributed by atoms with van der Waals surface area (Å²) in [6.07, 6.45) is 0.873. The van der Waals surface area contributed by atoms with Crippen LogP contribution in [-0.4, -0.2) is 11.0 Å². The zero-order valence-corrected chi connectivity index (χ0v) is 9.27. The Labute approximate surface area is 87.8 Å². The van der Waals surface area contributed by atoms with E-state index in [1.165, 1.54) is 10.3 Å². The van der Waals surface area contributed by atoms with Crippen LogP contribution in [0.4, 0.5) is 0 Å². The summed E-state index contributed by atoms with van der Waals surface area (Å²) in [5.41, 5.74) is 8.10. The van der Waals surface area contributed by atoms with E-state index >= 15 is 0 Å². The number of aryl methyl sites for hydroxylation is 1. The van der Waals surface area contributed by atoms with Crippen molar-refractivity contribution in [3.05, 3.63) is 28.8 Å². The van der Waals surface area contributed by atoms with E-state index in [2.05, 4.69) is 30.1 Å². The molecule has 0 aliphatic heterocycles. The van der Waals surface area contributed by atoms with Gasteiger partial charge in [0.15, 0.2) is 0 Å². The zero-order valence-electron chi connectivity index (χ0n) is 8.45. The number of rotatable bonds is 2. The number of nitrogens with two attached hydrogens (primary N) is 1. The minimum absolute atomic E-state index is 0.191. The molecule has 1 atom stereocenters. The zero-order chi connectivity index (χ0) is 10.1. The van der Waals surface area contributed by atoms with Gasteiger partial charge in [-0.3, -0.25) is 0 Å². The van der Waals surface area contributed by atoms with Crippen molar-refractivity contribution in [2.24, 2.45) is 5.73 Å². The van der Waals surface area contributed by atoms with Gasteiger partial charge in [-0.05, 0) is 31.5 Å². The summed E-state index contributed by atoms with van der Waals surface area (Å²) in [4.78, 5) is 4.55. The van der Waals surface area contributed by atoms with Crippen molar-refractivity contribution >= 4 is 21.6 Å². The maximum atomic E-state index is 5.74. The SMILES string of the molecule is Cc1ccc2sc(CC(C)N)nc2c1. The number of benzene rings is 1. The lowest BCUT2D eigenvalue weighted by molar-refractivity contribution is 0.735. The van der Waals surface area contributed by atoms with Crippen molar-refractivity contribution in [2.75, 3.05) is 0 Å². The van der Waals surface area contributed by atoms with Gasteiger partial charge < -0.3 is 5.73 Å². The maximum absolute atomic E-state index is 5.74. The molecule has 2 aromatic rings. The van der Waals surface area contributed by atoms with Gasteiger partial charge in [-0.25, -0.2) is 4.98 Å². The molecule has 3 heteroatoms. The van der Waals surface area contributed by atoms with E-state index in [1.807, 2.05) is 6.92 Å². The molecule has 0 saturated carbocycles. The Kier molecular flexibility index (Phi) is 2.52. The lowest BCUT2D eigenvalue weighted by Gasteiger charge is -1.98. The fourth-order valence-corrected chi connectivity index (χ4v) is 2.54. The number of aromatic nitrogens is 1. The molecule has 0 fully saturated rings. The van der Waals surface area contributed by atoms with Crippen molar-refractivity contribution in [1.29, 1.82) is 0 Å². The van der Waals surface area contributed by atoms with Crippen molar-refractivity contribution in [1.82, 2.24) is 4.98 Å². The second-order valence-electron chi connectivity index (χ2n) is 3.76. The van der Waals surface area contributed by atoms with Crippen LogP contribution in [0.3, 0.4) is 0 Å². The molecule has 2 rings (SSSR count). The van der Waals surface area contributed by atoms with Crippen LogP contribution in [0.5, 0.6) is 0 Å². The lowest BCUT2D eigenvalue weighted by Crippen LogP contribution is -2.17. The highest BCUT2D eigenvalue weighted by Gasteiger charge is 2.05. The summed E-state index contributed by atoms with van der Waals surface area (Å²) in [5, 5.41) is 1.14. The average Bonchev–Trinajstić information content (AvgIpc) is 2.44. The summed E-state index contributed by atoms with van der Waals surface area (Å²) < 4.78 is 1.26. The molecule has 2 N–H and O–H groups in total. The molecular formula is C11H14N2S. The van der Waals surface area contributed by atoms with E-state index in [0.717, 1.165) is 16.9 Å². The molecule has 2 nitrogen and oxygen atoms in total. The first-order valence-electron chi connectivity index (χ1n) is 4.77. The summed E-state index contributed by atoms with van der Waals surface area (Å²) in [7, 11) is 0. The average molecular weight is 206 g/mol. The fraction of sp³-hybridized carbons (Fsp3) is 0.364. The molecule has 1 heterocycles. The molecule has 0 radical (unpaired) electrons. The molecule has 1 unspecified atom stereocenters. The van der Waals surface area contributed by atoms with Crippen molar-refractivity contribution in [3.8, 4) is 0 Å². The topological polar surface area (TPSA) is 38.9 Å². The minimum Gasteiger partial charge on any atom is -0.328 e. The quantitative estimate of drug-likeness (QED) is 0.820. The van der Waals surface area contributed by atoms with Crippen LogP contribution in [-0.2, 0) is 6.42 Å². The molecule has 0 aliphatic carbocycles. The maximum Gasteiger partial charge on any atom is 0.0953 e. The van der Waals surface area contributed by atoms with Crippen LogP contribution >= 0.6 is 11.3 Å². The normalized spacial score (nSPS) is 13.4. The molecule has 14 heavy (non-hydrogen) atoms. The van der Waals surface area contributed by atoms with Gasteiger partial charge in [-0.15, -0.1) is 11.3 Å². The number of nitrogens with zero attached hydrogens (tertiary/aromatic N) is 1. The van der Waals surface area contributed by atoms with Gasteiger partial charge in [-0.2, -0.15) is 0 Å². The molecule has 0 aliphatic rings. The molecule has 1 aromatic carbocycles. The van der Waals surface area contributed by atoms with E-state index in [4.69, 9.17) is 5.73 Å². The van der Waals surface area contributed by atoms with E-state index in [9.17, 15) is 0 Å². The van der Waals surface area contributed by atoms with Crippen LogP contribution in [0.2, 0.25) is 0 Å². The summed E-state index contributed by atoms with van der Waals surface area (Å²) in [5.74, 6) is 0. The third kappa shape index (κ3) is 1.94. The first-order valence-corrected chi connectivity index (χ1v) is 5.58. The van der Waals surface area contributed by atoms with E-state index < -0.39 is 0 Å². The van der Waals surface area contributed by atoms with E-state index in [-0.39, 0.29) is 6.04 Å². The molecule has 0 spiro atoms. The standard InChI is InChI=1S/C11H14N2S/c1-7-3-4-10-9(5-7)13-11(14-10)6-8(2)12/h3-5,8H,6,12H2,1-2H3. The highest BCUT2D eigenvalue weighted by atomic mass is 32.1. The molecule has 0 saturated heterocycles. The van der Waals surface area contributed by atoms with Gasteiger partial charge in [-0.1, -0.05) is 6.07 Å². The predicted molar refractivity (Wildman–Crippen MR) is 61.7 cm³/mol. The van der Waals surface area contributed by atoms with Crippen molar-refractivity contribution in [3.63, 3.8) is 0 Å². The van der Waals surface area contributed by atoms with Crippen LogP contribution < -0.4 is 5.73 Å². The number of hydrogen-bond donors (Lipinski definition) is 1. The Bertz CT molecular complexity index is 445. The monoisotopic (exact) mass is 206 g/mol. The number of thiazole rings is 1. The van der Waals surface area contributed by atoms with Crippen LogP contribution in [0.25, 0.3) is 10.2 Å². The molecule has 74 valence electrons. The Morgan fingerprint density at radius 1 is 1.50 bits per heavy atom. The molecule has 0 amide bonds. The first-order chi connectivity index (χ1) is 6.65. The Morgan fingerprint density at radius 3 is 3.00 bits per heavy atom. The largest absolute Gasteiger partial charge is 0.328 e. The molecular weight excluding hydrogens is 192 g/mol. The Hall–Kier alpha value is -0.930. The highest BCUT2D eigenvalue weighted by Crippen LogP contribution is 2.23. The Balaban J connectivity index is 2.41. The van der Waals surface area contributed by atoms with E-state index in [1.54, 1.807) is 11.3 Å². The number of hydrogen-bond acceptors (Lipinski definition) is 3. The summed E-state index contributed by atoms with van der Waals surface area (Å²) in [6.45, 7) is 4.10. The van der Waals surface area contributed by atoms with Gasteiger partial charge in [0.25, 0.3) is 0 Å². The highest BCUT2D eigenvalue weighted by molar-refractivity contribution is 7.18. The van der Waals surface area contributed by atoms with Crippen molar-refractivity contribution in [2.45, 2.75) is 26.3 Å². The van der Waals surface area contributed by atoms with Gasteiger partial charge in [0.05, 0.1) is 15.2 Å². The summed E-state index contributed by atoms with van der Waals surface area (Å²) >= 11 is 1.74. The first kappa shape index (κ1) is 9.62. The summed E-state index contributed by atoms with van der Waals surface area (Å²) in [6, 6.07) is 6.57. The van der Waals surface area contributed by atoms with Crippen molar-refractivity contribution < 1.29 is 0 Å². The third-order valence-electron chi connectivity index (χ3n) is 2.08. The van der Waals surface area contributed by atoms with Gasteiger partial charge in [0, 0.05) is 12.5 Å². The second kappa shape index (κ2) is 3.67. The lowest BCUT2D eigenvalue weighted by atomic mass is 10.2. The minimum atomic E-state index is 0.191. The van der Waals surface area contributed by atoms with Gasteiger partial charge >= 0.3 is 0 Å². The fourth-order valence-electron chi connectivity index (χ4n) is 1.45. The van der Waals surface area contributed by atoms with Gasteiger partial charge in [0.2, 0.25) is 0 Å². The van der Waals surface area contributed by atoms with Crippen LogP contribution in [0.1, 0.15) is 17.5 Å². The Morgan fingerprint density at radius 2 is 2.29 bits per heavy atom. The van der Waals surface area contributed by atoms with Crippen LogP contribution in [0.15, 0.2) is 18.2 Å².